The zero-order valence-electron chi connectivity index (χ0n) is 14.5. The number of hydrogen-bond donors (Lipinski definition) is 3. The third-order valence-corrected chi connectivity index (χ3v) is 3.50. The molecule has 2 aromatic carbocycles. The summed E-state index contributed by atoms with van der Waals surface area (Å²) >= 11 is 0. The Morgan fingerprint density at radius 3 is 2.56 bits per heavy atom. The second-order valence-corrected chi connectivity index (χ2v) is 5.57. The number of nitro benzene ring substituents is 1. The molecule has 0 aromatic heterocycles. The van der Waals surface area contributed by atoms with Gasteiger partial charge in [0, 0.05) is 35.4 Å². The summed E-state index contributed by atoms with van der Waals surface area (Å²) in [4.78, 5) is 33.7. The molecule has 2 amide bonds. The number of rotatable bonds is 7. The number of carbonyl (C=O) groups excluding carboxylic acids is 2. The van der Waals surface area contributed by atoms with Crippen molar-refractivity contribution in [2.75, 3.05) is 5.32 Å². The number of aromatic hydroxyl groups is 1. The number of benzene rings is 2. The second kappa shape index (κ2) is 9.09. The molecule has 0 radical (unpaired) electrons. The number of nitrogens with zero attached hydrogens (tertiary/aromatic N) is 2. The zero-order valence-corrected chi connectivity index (χ0v) is 14.5. The van der Waals surface area contributed by atoms with Gasteiger partial charge in [-0.1, -0.05) is 6.92 Å². The minimum absolute atomic E-state index is 0.0958. The summed E-state index contributed by atoms with van der Waals surface area (Å²) in [7, 11) is 0. The van der Waals surface area contributed by atoms with E-state index < -0.39 is 10.8 Å². The first kappa shape index (κ1) is 19.6. The number of hydrogen-bond acceptors (Lipinski definition) is 6. The SMILES string of the molecule is CCCC(=O)Nc1ccc(C(=O)NN=Cc2cc([N+](=O)[O-])ccc2O)cc1. The zero-order chi connectivity index (χ0) is 19.8. The van der Waals surface area contributed by atoms with Crippen LogP contribution >= 0.6 is 0 Å². The average Bonchev–Trinajstić information content (AvgIpc) is 2.63. The number of non-ortho nitro benzene ring substituents is 1. The van der Waals surface area contributed by atoms with Crippen LogP contribution in [0.2, 0.25) is 0 Å². The Hall–Kier alpha value is -3.75. The van der Waals surface area contributed by atoms with Crippen molar-refractivity contribution in [3.8, 4) is 5.75 Å². The predicted molar refractivity (Wildman–Crippen MR) is 99.8 cm³/mol. The number of amides is 2. The molecular formula is C18H18N4O5. The lowest BCUT2D eigenvalue weighted by molar-refractivity contribution is -0.384. The van der Waals surface area contributed by atoms with E-state index in [1.54, 1.807) is 12.1 Å². The van der Waals surface area contributed by atoms with Crippen molar-refractivity contribution in [3.63, 3.8) is 0 Å². The molecule has 0 aliphatic carbocycles. The fraction of sp³-hybridized carbons (Fsp3) is 0.167. The van der Waals surface area contributed by atoms with E-state index >= 15 is 0 Å². The van der Waals surface area contributed by atoms with Crippen molar-refractivity contribution in [2.24, 2.45) is 5.10 Å². The minimum atomic E-state index is -0.601. The first-order valence-electron chi connectivity index (χ1n) is 8.11. The molecular weight excluding hydrogens is 352 g/mol. The van der Waals surface area contributed by atoms with Crippen LogP contribution in [0.4, 0.5) is 11.4 Å². The van der Waals surface area contributed by atoms with E-state index in [9.17, 15) is 24.8 Å². The monoisotopic (exact) mass is 370 g/mol. The molecule has 2 rings (SSSR count). The Morgan fingerprint density at radius 1 is 1.22 bits per heavy atom. The summed E-state index contributed by atoms with van der Waals surface area (Å²) in [5, 5.41) is 26.8. The number of anilines is 1. The van der Waals surface area contributed by atoms with Gasteiger partial charge in [-0.3, -0.25) is 19.7 Å². The topological polar surface area (TPSA) is 134 Å². The molecule has 0 fully saturated rings. The van der Waals surface area contributed by atoms with E-state index in [4.69, 9.17) is 0 Å². The quantitative estimate of drug-likeness (QED) is 0.391. The van der Waals surface area contributed by atoms with Gasteiger partial charge in [0.1, 0.15) is 5.75 Å². The molecule has 140 valence electrons. The van der Waals surface area contributed by atoms with Gasteiger partial charge in [0.2, 0.25) is 5.91 Å². The molecule has 27 heavy (non-hydrogen) atoms. The molecule has 3 N–H and O–H groups in total. The summed E-state index contributed by atoms with van der Waals surface area (Å²) in [6.07, 6.45) is 2.27. The van der Waals surface area contributed by atoms with E-state index in [-0.39, 0.29) is 22.9 Å². The number of carbonyl (C=O) groups is 2. The van der Waals surface area contributed by atoms with Crippen LogP contribution in [0.25, 0.3) is 0 Å². The van der Waals surface area contributed by atoms with Crippen molar-refractivity contribution in [1.29, 1.82) is 0 Å². The van der Waals surface area contributed by atoms with Crippen LogP contribution in [0.1, 0.15) is 35.7 Å². The third kappa shape index (κ3) is 5.63. The summed E-state index contributed by atoms with van der Waals surface area (Å²) in [5.74, 6) is -0.815. The lowest BCUT2D eigenvalue weighted by atomic mass is 10.2. The van der Waals surface area contributed by atoms with Crippen LogP contribution in [0.5, 0.6) is 5.75 Å². The van der Waals surface area contributed by atoms with Crippen molar-refractivity contribution >= 4 is 29.4 Å². The Morgan fingerprint density at radius 2 is 1.93 bits per heavy atom. The number of hydrazone groups is 1. The Kier molecular flexibility index (Phi) is 6.59. The van der Waals surface area contributed by atoms with Gasteiger partial charge in [0.25, 0.3) is 11.6 Å². The molecule has 0 aliphatic rings. The van der Waals surface area contributed by atoms with E-state index in [2.05, 4.69) is 15.8 Å². The van der Waals surface area contributed by atoms with Gasteiger partial charge in [0.05, 0.1) is 11.1 Å². The molecule has 0 heterocycles. The maximum atomic E-state index is 12.0. The maximum Gasteiger partial charge on any atom is 0.271 e. The van der Waals surface area contributed by atoms with Crippen LogP contribution in [0.15, 0.2) is 47.6 Å². The highest BCUT2D eigenvalue weighted by Gasteiger charge is 2.09. The Balaban J connectivity index is 1.99. The van der Waals surface area contributed by atoms with E-state index in [1.807, 2.05) is 6.92 Å². The van der Waals surface area contributed by atoms with Crippen LogP contribution in [-0.4, -0.2) is 28.1 Å². The highest BCUT2D eigenvalue weighted by atomic mass is 16.6. The lowest BCUT2D eigenvalue weighted by Gasteiger charge is -2.05. The fourth-order valence-electron chi connectivity index (χ4n) is 2.14. The van der Waals surface area contributed by atoms with Gasteiger partial charge in [-0.15, -0.1) is 0 Å². The molecule has 0 aliphatic heterocycles. The lowest BCUT2D eigenvalue weighted by Crippen LogP contribution is -2.17. The van der Waals surface area contributed by atoms with Gasteiger partial charge in [-0.05, 0) is 36.8 Å². The molecule has 0 bridgehead atoms. The van der Waals surface area contributed by atoms with Gasteiger partial charge in [-0.2, -0.15) is 5.10 Å². The van der Waals surface area contributed by atoms with Gasteiger partial charge in [0.15, 0.2) is 0 Å². The first-order chi connectivity index (χ1) is 12.9. The van der Waals surface area contributed by atoms with Crippen molar-refractivity contribution in [2.45, 2.75) is 19.8 Å². The molecule has 0 saturated carbocycles. The molecule has 9 nitrogen and oxygen atoms in total. The normalized spacial score (nSPS) is 10.6. The van der Waals surface area contributed by atoms with Crippen LogP contribution in [0, 0.1) is 10.1 Å². The molecule has 9 heteroatoms. The Bertz CT molecular complexity index is 878. The van der Waals surface area contributed by atoms with Crippen molar-refractivity contribution in [1.82, 2.24) is 5.43 Å². The summed E-state index contributed by atoms with van der Waals surface area (Å²) in [6, 6.07) is 9.71. The van der Waals surface area contributed by atoms with Crippen LogP contribution < -0.4 is 10.7 Å². The standard InChI is InChI=1S/C18H18N4O5/c1-2-3-17(24)20-14-6-4-12(5-7-14)18(25)21-19-11-13-10-15(22(26)27)8-9-16(13)23/h4-11,23H,2-3H2,1H3,(H,20,24)(H,21,25). The largest absolute Gasteiger partial charge is 0.507 e. The minimum Gasteiger partial charge on any atom is -0.507 e. The van der Waals surface area contributed by atoms with E-state index in [0.29, 0.717) is 17.7 Å². The molecule has 0 spiro atoms. The van der Waals surface area contributed by atoms with Gasteiger partial charge < -0.3 is 10.4 Å². The van der Waals surface area contributed by atoms with E-state index in [1.165, 1.54) is 18.2 Å². The smallest absolute Gasteiger partial charge is 0.271 e. The van der Waals surface area contributed by atoms with Crippen LogP contribution in [0.3, 0.4) is 0 Å². The maximum absolute atomic E-state index is 12.0. The Labute approximate surface area is 154 Å². The van der Waals surface area contributed by atoms with Crippen LogP contribution in [-0.2, 0) is 4.79 Å². The number of nitrogens with one attached hydrogen (secondary N) is 2. The third-order valence-electron chi connectivity index (χ3n) is 3.50. The van der Waals surface area contributed by atoms with Crippen molar-refractivity contribution < 1.29 is 19.6 Å². The summed E-state index contributed by atoms with van der Waals surface area (Å²) < 4.78 is 0. The molecule has 0 unspecified atom stereocenters. The molecule has 0 saturated heterocycles. The first-order valence-corrected chi connectivity index (χ1v) is 8.11. The predicted octanol–water partition coefficient (Wildman–Crippen LogP) is 2.80. The number of phenols is 1. The average molecular weight is 370 g/mol. The second-order valence-electron chi connectivity index (χ2n) is 5.57. The highest BCUT2D eigenvalue weighted by molar-refractivity contribution is 5.96. The molecule has 2 aromatic rings. The number of phenolic OH excluding ortho intramolecular Hbond substituents is 1. The van der Waals surface area contributed by atoms with Gasteiger partial charge >= 0.3 is 0 Å². The van der Waals surface area contributed by atoms with Crippen molar-refractivity contribution in [3.05, 3.63) is 63.7 Å². The fourth-order valence-corrected chi connectivity index (χ4v) is 2.14. The summed E-state index contributed by atoms with van der Waals surface area (Å²) in [6.45, 7) is 1.90. The number of nitro groups is 1. The summed E-state index contributed by atoms with van der Waals surface area (Å²) in [5.41, 5.74) is 3.04. The van der Waals surface area contributed by atoms with E-state index in [0.717, 1.165) is 24.8 Å². The molecule has 0 atom stereocenters. The highest BCUT2D eigenvalue weighted by Crippen LogP contribution is 2.21. The van der Waals surface area contributed by atoms with Gasteiger partial charge in [-0.25, -0.2) is 5.43 Å².